The summed E-state index contributed by atoms with van der Waals surface area (Å²) in [5.41, 5.74) is 8.65. The molecule has 0 atom stereocenters. The SMILES string of the molecule is CCCS(=O)(=O)CCOc1c(C)cc(CN)cc1C. The minimum Gasteiger partial charge on any atom is -0.492 e. The van der Waals surface area contributed by atoms with E-state index in [2.05, 4.69) is 0 Å². The largest absolute Gasteiger partial charge is 0.492 e. The molecule has 0 aliphatic carbocycles. The topological polar surface area (TPSA) is 69.4 Å². The fraction of sp³-hybridized carbons (Fsp3) is 0.571. The van der Waals surface area contributed by atoms with Gasteiger partial charge in [-0.2, -0.15) is 0 Å². The maximum absolute atomic E-state index is 11.6. The summed E-state index contributed by atoms with van der Waals surface area (Å²) in [5.74, 6) is 1.06. The van der Waals surface area contributed by atoms with Gasteiger partial charge in [-0.1, -0.05) is 19.1 Å². The minimum absolute atomic E-state index is 0.0678. The van der Waals surface area contributed by atoms with E-state index in [0.29, 0.717) is 13.0 Å². The van der Waals surface area contributed by atoms with Gasteiger partial charge in [0.05, 0.1) is 11.5 Å². The van der Waals surface area contributed by atoms with Crippen molar-refractivity contribution in [3.8, 4) is 5.75 Å². The first-order chi connectivity index (χ1) is 8.89. The van der Waals surface area contributed by atoms with Gasteiger partial charge in [-0.25, -0.2) is 8.42 Å². The van der Waals surface area contributed by atoms with E-state index in [1.807, 2.05) is 32.9 Å². The second-order valence-corrected chi connectivity index (χ2v) is 7.07. The number of benzene rings is 1. The molecule has 0 heterocycles. The lowest BCUT2D eigenvalue weighted by Crippen LogP contribution is -2.17. The molecule has 0 saturated carbocycles. The highest BCUT2D eigenvalue weighted by atomic mass is 32.2. The van der Waals surface area contributed by atoms with Gasteiger partial charge in [-0.05, 0) is 37.0 Å². The summed E-state index contributed by atoms with van der Waals surface area (Å²) in [4.78, 5) is 0. The Morgan fingerprint density at radius 3 is 2.21 bits per heavy atom. The van der Waals surface area contributed by atoms with Gasteiger partial charge >= 0.3 is 0 Å². The standard InChI is InChI=1S/C14H23NO3S/c1-4-6-19(16,17)7-5-18-14-11(2)8-13(10-15)9-12(14)3/h8-9H,4-7,10,15H2,1-3H3. The second kappa shape index (κ2) is 6.91. The van der Waals surface area contributed by atoms with Gasteiger partial charge in [-0.3, -0.25) is 0 Å². The van der Waals surface area contributed by atoms with Crippen LogP contribution in [-0.2, 0) is 16.4 Å². The summed E-state index contributed by atoms with van der Waals surface area (Å²) >= 11 is 0. The molecule has 0 aliphatic rings. The fourth-order valence-corrected chi connectivity index (χ4v) is 3.23. The normalized spacial score (nSPS) is 11.6. The molecular formula is C14H23NO3S. The molecule has 1 rings (SSSR count). The van der Waals surface area contributed by atoms with Crippen molar-refractivity contribution in [1.82, 2.24) is 0 Å². The van der Waals surface area contributed by atoms with Crippen LogP contribution in [0.1, 0.15) is 30.0 Å². The maximum atomic E-state index is 11.6. The summed E-state index contributed by atoms with van der Waals surface area (Å²) in [5, 5.41) is 0. The minimum atomic E-state index is -2.99. The predicted octanol–water partition coefficient (Wildman–Crippen LogP) is 1.97. The van der Waals surface area contributed by atoms with Crippen LogP contribution in [0, 0.1) is 13.8 Å². The van der Waals surface area contributed by atoms with Gasteiger partial charge < -0.3 is 10.5 Å². The highest BCUT2D eigenvalue weighted by molar-refractivity contribution is 7.91. The lowest BCUT2D eigenvalue weighted by atomic mass is 10.1. The van der Waals surface area contributed by atoms with Gasteiger partial charge in [-0.15, -0.1) is 0 Å². The van der Waals surface area contributed by atoms with Crippen molar-refractivity contribution in [2.45, 2.75) is 33.7 Å². The number of rotatable bonds is 7. The summed E-state index contributed by atoms with van der Waals surface area (Å²) in [6, 6.07) is 3.95. The van der Waals surface area contributed by atoms with Crippen LogP contribution in [0.5, 0.6) is 5.75 Å². The van der Waals surface area contributed by atoms with E-state index >= 15 is 0 Å². The van der Waals surface area contributed by atoms with Crippen molar-refractivity contribution in [2.75, 3.05) is 18.1 Å². The third kappa shape index (κ3) is 4.84. The van der Waals surface area contributed by atoms with Crippen molar-refractivity contribution in [1.29, 1.82) is 0 Å². The zero-order chi connectivity index (χ0) is 14.5. The van der Waals surface area contributed by atoms with Crippen LogP contribution in [0.4, 0.5) is 0 Å². The van der Waals surface area contributed by atoms with Gasteiger partial charge in [0.15, 0.2) is 9.84 Å². The van der Waals surface area contributed by atoms with Crippen LogP contribution in [-0.4, -0.2) is 26.5 Å². The molecule has 4 nitrogen and oxygen atoms in total. The Labute approximate surface area is 115 Å². The van der Waals surface area contributed by atoms with Crippen LogP contribution < -0.4 is 10.5 Å². The highest BCUT2D eigenvalue weighted by Crippen LogP contribution is 2.24. The molecule has 0 bridgehead atoms. The smallest absolute Gasteiger partial charge is 0.153 e. The summed E-state index contributed by atoms with van der Waals surface area (Å²) < 4.78 is 28.8. The molecule has 5 heteroatoms. The van der Waals surface area contributed by atoms with Crippen LogP contribution in [0.15, 0.2) is 12.1 Å². The average molecular weight is 285 g/mol. The molecular weight excluding hydrogens is 262 g/mol. The zero-order valence-corrected chi connectivity index (χ0v) is 12.7. The Hall–Kier alpha value is -1.07. The van der Waals surface area contributed by atoms with E-state index in [9.17, 15) is 8.42 Å². The molecule has 0 saturated heterocycles. The van der Waals surface area contributed by atoms with Gasteiger partial charge in [0, 0.05) is 6.54 Å². The van der Waals surface area contributed by atoms with Gasteiger partial charge in [0.2, 0.25) is 0 Å². The molecule has 0 radical (unpaired) electrons. The van der Waals surface area contributed by atoms with Crippen molar-refractivity contribution >= 4 is 9.84 Å². The van der Waals surface area contributed by atoms with E-state index in [1.54, 1.807) is 0 Å². The quantitative estimate of drug-likeness (QED) is 0.831. The van der Waals surface area contributed by atoms with Crippen molar-refractivity contribution in [2.24, 2.45) is 5.73 Å². The van der Waals surface area contributed by atoms with Crippen LogP contribution >= 0.6 is 0 Å². The molecule has 0 fully saturated rings. The van der Waals surface area contributed by atoms with Gasteiger partial charge in [0.25, 0.3) is 0 Å². The van der Waals surface area contributed by atoms with Crippen LogP contribution in [0.3, 0.4) is 0 Å². The summed E-state index contributed by atoms with van der Waals surface area (Å²) in [6.07, 6.45) is 0.644. The first-order valence-electron chi connectivity index (χ1n) is 6.53. The molecule has 1 aromatic carbocycles. The average Bonchev–Trinajstić information content (AvgIpc) is 2.32. The molecule has 19 heavy (non-hydrogen) atoms. The molecule has 1 aromatic rings. The van der Waals surface area contributed by atoms with Crippen LogP contribution in [0.2, 0.25) is 0 Å². The highest BCUT2D eigenvalue weighted by Gasteiger charge is 2.11. The third-order valence-corrected chi connectivity index (χ3v) is 4.73. The molecule has 0 unspecified atom stereocenters. The first kappa shape index (κ1) is 16.0. The van der Waals surface area contributed by atoms with E-state index in [4.69, 9.17) is 10.5 Å². The predicted molar refractivity (Wildman–Crippen MR) is 78.2 cm³/mol. The fourth-order valence-electron chi connectivity index (χ4n) is 2.07. The van der Waals surface area contributed by atoms with Crippen molar-refractivity contribution in [3.63, 3.8) is 0 Å². The number of sulfone groups is 1. The monoisotopic (exact) mass is 285 g/mol. The lowest BCUT2D eigenvalue weighted by Gasteiger charge is -2.13. The number of aryl methyl sites for hydroxylation is 2. The Balaban J connectivity index is 2.69. The lowest BCUT2D eigenvalue weighted by molar-refractivity contribution is 0.336. The van der Waals surface area contributed by atoms with Crippen molar-refractivity contribution < 1.29 is 13.2 Å². The Bertz CT molecular complexity index is 500. The van der Waals surface area contributed by atoms with E-state index in [1.165, 1.54) is 0 Å². The molecule has 0 spiro atoms. The van der Waals surface area contributed by atoms with Gasteiger partial charge in [0.1, 0.15) is 12.4 Å². The number of hydrogen-bond acceptors (Lipinski definition) is 4. The Morgan fingerprint density at radius 1 is 1.16 bits per heavy atom. The molecule has 108 valence electrons. The zero-order valence-electron chi connectivity index (χ0n) is 11.9. The Morgan fingerprint density at radius 2 is 1.74 bits per heavy atom. The van der Waals surface area contributed by atoms with E-state index in [0.717, 1.165) is 22.4 Å². The Kier molecular flexibility index (Phi) is 5.82. The molecule has 0 aromatic heterocycles. The molecule has 2 N–H and O–H groups in total. The van der Waals surface area contributed by atoms with E-state index in [-0.39, 0.29) is 18.1 Å². The van der Waals surface area contributed by atoms with Crippen molar-refractivity contribution in [3.05, 3.63) is 28.8 Å². The molecule has 0 amide bonds. The summed E-state index contributed by atoms with van der Waals surface area (Å²) in [7, 11) is -2.99. The number of nitrogens with two attached hydrogens (primary N) is 1. The maximum Gasteiger partial charge on any atom is 0.153 e. The number of hydrogen-bond donors (Lipinski definition) is 1. The number of ether oxygens (including phenoxy) is 1. The summed E-state index contributed by atoms with van der Waals surface area (Å²) in [6.45, 7) is 6.45. The van der Waals surface area contributed by atoms with Crippen LogP contribution in [0.25, 0.3) is 0 Å². The first-order valence-corrected chi connectivity index (χ1v) is 8.35. The molecule has 0 aliphatic heterocycles. The van der Waals surface area contributed by atoms with E-state index < -0.39 is 9.84 Å². The second-order valence-electron chi connectivity index (χ2n) is 4.76. The third-order valence-electron chi connectivity index (χ3n) is 2.91.